The third-order valence-corrected chi connectivity index (χ3v) is 11.2. The van der Waals surface area contributed by atoms with Crippen molar-refractivity contribution in [1.29, 1.82) is 0 Å². The van der Waals surface area contributed by atoms with Gasteiger partial charge in [0.1, 0.15) is 5.60 Å². The number of carbonyl (C=O) groups excluding carboxylic acids is 1. The Morgan fingerprint density at radius 3 is 0.613 bits per heavy atom. The van der Waals surface area contributed by atoms with E-state index in [1.165, 1.54) is 0 Å². The van der Waals surface area contributed by atoms with Gasteiger partial charge in [-0.15, -0.1) is 0 Å². The summed E-state index contributed by atoms with van der Waals surface area (Å²) in [5.74, 6) is 0. The number of hydrogen-bond donors (Lipinski definition) is 1. The van der Waals surface area contributed by atoms with Crippen LogP contribution in [0.3, 0.4) is 0 Å². The molecule has 93 heavy (non-hydrogen) atoms. The number of nitrogens with zero attached hydrogens (tertiary/aromatic N) is 7. The smallest absolute Gasteiger partial charge is 0.407 e. The molecule has 550 valence electrons. The number of amides is 1. The fourth-order valence-corrected chi connectivity index (χ4v) is 6.68. The van der Waals surface area contributed by atoms with E-state index in [-0.39, 0.29) is 0 Å². The molecule has 0 spiro atoms. The van der Waals surface area contributed by atoms with Crippen LogP contribution in [-0.4, -0.2) is 373 Å². The summed E-state index contributed by atoms with van der Waals surface area (Å²) in [6.45, 7) is 30.4. The molecular weight excluding hydrogens is 1240 g/mol. The zero-order valence-corrected chi connectivity index (χ0v) is 56.4. The Balaban J connectivity index is 4.03. The summed E-state index contributed by atoms with van der Waals surface area (Å²) < 4.78 is 139. The lowest BCUT2D eigenvalue weighted by Crippen LogP contribution is -2.34. The maximum Gasteiger partial charge on any atom is 0.407 e. The molecule has 0 aromatic carbocycles. The van der Waals surface area contributed by atoms with Gasteiger partial charge in [-0.1, -0.05) is 10.2 Å². The van der Waals surface area contributed by atoms with Crippen molar-refractivity contribution in [2.75, 3.05) is 356 Å². The molecule has 0 aromatic heterocycles. The molecule has 0 fully saturated rings. The zero-order chi connectivity index (χ0) is 67.1. The summed E-state index contributed by atoms with van der Waals surface area (Å²) in [5.41, 5.74) is 15.9. The van der Waals surface area contributed by atoms with E-state index in [1.807, 2.05) is 20.8 Å². The summed E-state index contributed by atoms with van der Waals surface area (Å²) >= 11 is 0. The topological polar surface area (TPSA) is 361 Å². The van der Waals surface area contributed by atoms with Crippen LogP contribution in [0.4, 0.5) is 4.79 Å². The Labute approximate surface area is 551 Å². The maximum absolute atomic E-state index is 11.6. The van der Waals surface area contributed by atoms with Crippen LogP contribution in [0.1, 0.15) is 20.8 Å². The van der Waals surface area contributed by atoms with Gasteiger partial charge < -0.3 is 124 Å². The standard InChI is InChI=1S/C59H118N8O26/c1-59(2,3)93-58(68)62-4-10-69-16-22-75-28-34-81-40-46-87-52-55-90-49-43-84-37-31-78-25-19-72-13-7-67(8-14-73-20-26-79-32-38-85-44-50-91-56-53-88-47-41-82-35-29-76-23-17-70-11-5-63-65-60)9-15-74-21-27-80-33-39-86-45-51-92-57-54-89-48-42-83-36-30-77-24-18-71-12-6-64-66-61/h4-57H2,1-3H3,(H,62,68). The van der Waals surface area contributed by atoms with Gasteiger partial charge in [0.05, 0.1) is 317 Å². The molecule has 0 radical (unpaired) electrons. The number of rotatable bonds is 81. The molecule has 0 heterocycles. The van der Waals surface area contributed by atoms with Gasteiger partial charge in [-0.2, -0.15) is 0 Å². The van der Waals surface area contributed by atoms with Crippen LogP contribution in [0.5, 0.6) is 0 Å². The fraction of sp³-hybridized carbons (Fsp3) is 0.983. The minimum atomic E-state index is -0.532. The van der Waals surface area contributed by atoms with E-state index >= 15 is 0 Å². The molecule has 0 aromatic rings. The van der Waals surface area contributed by atoms with Gasteiger partial charge in [0.2, 0.25) is 0 Å². The molecular formula is C59H118N8O26. The number of nitrogens with one attached hydrogen (secondary N) is 1. The average Bonchev–Trinajstić information content (AvgIpc) is 3.71. The molecule has 1 N–H and O–H groups in total. The molecule has 0 bridgehead atoms. The van der Waals surface area contributed by atoms with Crippen LogP contribution >= 0.6 is 0 Å². The number of hydrogen-bond acceptors (Lipinski definition) is 29. The van der Waals surface area contributed by atoms with Gasteiger partial charge in [0.25, 0.3) is 0 Å². The van der Waals surface area contributed by atoms with Crippen molar-refractivity contribution < 1.29 is 123 Å². The summed E-state index contributed by atoms with van der Waals surface area (Å²) in [5, 5.41) is 9.42. The molecule has 0 aliphatic heterocycles. The van der Waals surface area contributed by atoms with E-state index in [4.69, 9.17) is 129 Å². The van der Waals surface area contributed by atoms with Crippen LogP contribution < -0.4 is 5.32 Å². The van der Waals surface area contributed by atoms with Crippen molar-refractivity contribution in [2.24, 2.45) is 10.2 Å². The lowest BCUT2D eigenvalue weighted by Gasteiger charge is -2.22. The Kier molecular flexibility index (Phi) is 76.9. The van der Waals surface area contributed by atoms with E-state index in [0.29, 0.717) is 356 Å². The quantitative estimate of drug-likeness (QED) is 0.0396. The highest BCUT2D eigenvalue weighted by Crippen LogP contribution is 2.06. The monoisotopic (exact) mass is 1350 g/mol. The predicted octanol–water partition coefficient (Wildman–Crippen LogP) is 2.83. The van der Waals surface area contributed by atoms with Crippen LogP contribution in [-0.2, 0) is 118 Å². The second-order valence-electron chi connectivity index (χ2n) is 19.9. The molecule has 0 rings (SSSR count). The van der Waals surface area contributed by atoms with Crippen molar-refractivity contribution in [3.63, 3.8) is 0 Å². The van der Waals surface area contributed by atoms with E-state index in [1.54, 1.807) is 0 Å². The third kappa shape index (κ3) is 83.1. The van der Waals surface area contributed by atoms with Gasteiger partial charge in [-0.3, -0.25) is 4.90 Å². The van der Waals surface area contributed by atoms with E-state index < -0.39 is 11.7 Å². The Hall–Kier alpha value is -3.11. The number of carbonyl (C=O) groups is 1. The molecule has 0 saturated heterocycles. The second-order valence-corrected chi connectivity index (χ2v) is 19.9. The molecule has 0 atom stereocenters. The number of azide groups is 2. The Bertz CT molecular complexity index is 1520. The van der Waals surface area contributed by atoms with Crippen LogP contribution in [0, 0.1) is 0 Å². The highest BCUT2D eigenvalue weighted by Gasteiger charge is 2.15. The van der Waals surface area contributed by atoms with Crippen molar-refractivity contribution in [3.05, 3.63) is 20.9 Å². The van der Waals surface area contributed by atoms with Crippen LogP contribution in [0.2, 0.25) is 0 Å². The van der Waals surface area contributed by atoms with E-state index in [2.05, 4.69) is 30.3 Å². The fourth-order valence-electron chi connectivity index (χ4n) is 6.68. The summed E-state index contributed by atoms with van der Waals surface area (Å²) in [6.07, 6.45) is -0.465. The van der Waals surface area contributed by atoms with E-state index in [0.717, 1.165) is 0 Å². The van der Waals surface area contributed by atoms with Crippen molar-refractivity contribution >= 4 is 6.09 Å². The first-order valence-electron chi connectivity index (χ1n) is 32.5. The zero-order valence-electron chi connectivity index (χ0n) is 56.4. The van der Waals surface area contributed by atoms with Gasteiger partial charge in [0.15, 0.2) is 0 Å². The number of alkyl carbamates (subject to hydrolysis) is 1. The second kappa shape index (κ2) is 79.6. The average molecular weight is 1360 g/mol. The first-order valence-corrected chi connectivity index (χ1v) is 32.5. The molecule has 34 nitrogen and oxygen atoms in total. The highest BCUT2D eigenvalue weighted by molar-refractivity contribution is 5.67. The van der Waals surface area contributed by atoms with Gasteiger partial charge in [0, 0.05) is 49.1 Å². The molecule has 1 amide bonds. The number of ether oxygens (including phenoxy) is 25. The maximum atomic E-state index is 11.6. The molecule has 0 aliphatic rings. The lowest BCUT2D eigenvalue weighted by atomic mass is 10.2. The SMILES string of the molecule is CC(C)(C)OC(=O)NCCOCCOCCOCCOCCOCCOCCOCCOCCN(CCOCCOCCOCCOCCOCCOCCOCCOCCN=[N+]=[N-])CCOCCOCCOCCOCCOCCOCCOCCOCCN=[N+]=[N-]. The first-order chi connectivity index (χ1) is 45.9. The summed E-state index contributed by atoms with van der Waals surface area (Å²) in [7, 11) is 0. The predicted molar refractivity (Wildman–Crippen MR) is 338 cm³/mol. The van der Waals surface area contributed by atoms with Crippen molar-refractivity contribution in [2.45, 2.75) is 26.4 Å². The normalized spacial score (nSPS) is 11.7. The summed E-state index contributed by atoms with van der Waals surface area (Å²) in [4.78, 5) is 19.2. The summed E-state index contributed by atoms with van der Waals surface area (Å²) in [6, 6.07) is 0. The first kappa shape index (κ1) is 89.9. The third-order valence-electron chi connectivity index (χ3n) is 11.2. The van der Waals surface area contributed by atoms with Crippen molar-refractivity contribution in [3.8, 4) is 0 Å². The minimum Gasteiger partial charge on any atom is -0.444 e. The minimum absolute atomic E-state index is 0.310. The Morgan fingerprint density at radius 2 is 0.441 bits per heavy atom. The largest absolute Gasteiger partial charge is 0.444 e. The highest BCUT2D eigenvalue weighted by atomic mass is 16.6. The lowest BCUT2D eigenvalue weighted by molar-refractivity contribution is -0.0261. The van der Waals surface area contributed by atoms with Gasteiger partial charge in [-0.05, 0) is 31.8 Å². The molecule has 0 unspecified atom stereocenters. The van der Waals surface area contributed by atoms with Gasteiger partial charge >= 0.3 is 6.09 Å². The molecule has 0 saturated carbocycles. The van der Waals surface area contributed by atoms with Crippen molar-refractivity contribution in [1.82, 2.24) is 10.2 Å². The van der Waals surface area contributed by atoms with E-state index in [9.17, 15) is 4.79 Å². The van der Waals surface area contributed by atoms with Crippen LogP contribution in [0.15, 0.2) is 10.2 Å². The molecule has 0 aliphatic carbocycles. The van der Waals surface area contributed by atoms with Gasteiger partial charge in [-0.25, -0.2) is 4.79 Å². The Morgan fingerprint density at radius 1 is 0.280 bits per heavy atom. The van der Waals surface area contributed by atoms with Crippen LogP contribution in [0.25, 0.3) is 20.9 Å². The molecule has 34 heteroatoms.